The molecular weight excluding hydrogens is 352 g/mol. The molecule has 6 heteroatoms. The molecule has 4 nitrogen and oxygen atoms in total. The van der Waals surface area contributed by atoms with E-state index in [2.05, 4.69) is 36.7 Å². The van der Waals surface area contributed by atoms with E-state index in [1.807, 2.05) is 48.5 Å². The highest BCUT2D eigenvalue weighted by atomic mass is 79.9. The van der Waals surface area contributed by atoms with Crippen molar-refractivity contribution >= 4 is 33.2 Å². The Balaban J connectivity index is 1.79. The average Bonchev–Trinajstić information content (AvgIpc) is 2.96. The maximum absolute atomic E-state index is 5.94. The maximum Gasteiger partial charge on any atom is 0.117 e. The number of aromatic nitrogens is 3. The summed E-state index contributed by atoms with van der Waals surface area (Å²) in [5.74, 6) is 0. The quantitative estimate of drug-likeness (QED) is 0.717. The van der Waals surface area contributed by atoms with Gasteiger partial charge in [-0.1, -0.05) is 41.9 Å². The number of anilines is 1. The number of nitrogens with one attached hydrogen (secondary N) is 2. The number of H-pyrrole nitrogens is 1. The van der Waals surface area contributed by atoms with Crippen LogP contribution in [0.3, 0.4) is 0 Å². The SMILES string of the molecule is Clc1ccc(NCc2n[nH]nc2-c2ccccc2)c(Br)c1. The third-order valence-corrected chi connectivity index (χ3v) is 3.94. The van der Waals surface area contributed by atoms with Gasteiger partial charge in [0.25, 0.3) is 0 Å². The van der Waals surface area contributed by atoms with E-state index in [-0.39, 0.29) is 0 Å². The first-order valence-electron chi connectivity index (χ1n) is 6.38. The Bertz CT molecular complexity index is 742. The standard InChI is InChI=1S/C15H12BrClN4/c16-12-8-11(17)6-7-13(12)18-9-14-15(20-21-19-14)10-4-2-1-3-5-10/h1-8,18H,9H2,(H,19,20,21). The molecule has 21 heavy (non-hydrogen) atoms. The van der Waals surface area contributed by atoms with Gasteiger partial charge < -0.3 is 5.32 Å². The van der Waals surface area contributed by atoms with Crippen molar-refractivity contribution in [3.63, 3.8) is 0 Å². The summed E-state index contributed by atoms with van der Waals surface area (Å²) in [6.45, 7) is 0.570. The number of rotatable bonds is 4. The lowest BCUT2D eigenvalue weighted by molar-refractivity contribution is 0.911. The van der Waals surface area contributed by atoms with E-state index >= 15 is 0 Å². The third-order valence-electron chi connectivity index (χ3n) is 3.04. The molecule has 3 rings (SSSR count). The fraction of sp³-hybridized carbons (Fsp3) is 0.0667. The van der Waals surface area contributed by atoms with Crippen LogP contribution < -0.4 is 5.32 Å². The zero-order valence-corrected chi connectivity index (χ0v) is 13.3. The molecule has 2 aromatic carbocycles. The highest BCUT2D eigenvalue weighted by Crippen LogP contribution is 2.27. The van der Waals surface area contributed by atoms with Gasteiger partial charge in [0.15, 0.2) is 0 Å². The molecule has 106 valence electrons. The second-order valence-electron chi connectivity index (χ2n) is 4.46. The smallest absolute Gasteiger partial charge is 0.117 e. The van der Waals surface area contributed by atoms with Gasteiger partial charge >= 0.3 is 0 Å². The maximum atomic E-state index is 5.94. The van der Waals surface area contributed by atoms with Gasteiger partial charge in [-0.25, -0.2) is 0 Å². The zero-order chi connectivity index (χ0) is 14.7. The lowest BCUT2D eigenvalue weighted by Gasteiger charge is -2.08. The van der Waals surface area contributed by atoms with Crippen LogP contribution in [0.15, 0.2) is 53.0 Å². The molecular formula is C15H12BrClN4. The summed E-state index contributed by atoms with van der Waals surface area (Å²) in [6, 6.07) is 15.6. The van der Waals surface area contributed by atoms with Crippen molar-refractivity contribution in [1.29, 1.82) is 0 Å². The molecule has 0 saturated carbocycles. The number of halogens is 2. The Morgan fingerprint density at radius 3 is 2.67 bits per heavy atom. The van der Waals surface area contributed by atoms with Crippen LogP contribution in [0.1, 0.15) is 5.69 Å². The lowest BCUT2D eigenvalue weighted by atomic mass is 10.1. The molecule has 0 amide bonds. The number of benzene rings is 2. The molecule has 1 aromatic heterocycles. The zero-order valence-electron chi connectivity index (χ0n) is 11.0. The molecule has 0 bridgehead atoms. The fourth-order valence-corrected chi connectivity index (χ4v) is 2.84. The van der Waals surface area contributed by atoms with E-state index in [0.29, 0.717) is 11.6 Å². The first kappa shape index (κ1) is 14.1. The van der Waals surface area contributed by atoms with Crippen molar-refractivity contribution in [2.24, 2.45) is 0 Å². The van der Waals surface area contributed by atoms with Gasteiger partial charge in [0.2, 0.25) is 0 Å². The number of hydrogen-bond acceptors (Lipinski definition) is 3. The molecule has 1 heterocycles. The van der Waals surface area contributed by atoms with E-state index in [9.17, 15) is 0 Å². The summed E-state index contributed by atoms with van der Waals surface area (Å²) in [7, 11) is 0. The minimum Gasteiger partial charge on any atom is -0.378 e. The first-order valence-corrected chi connectivity index (χ1v) is 7.55. The molecule has 0 spiro atoms. The van der Waals surface area contributed by atoms with Crippen LogP contribution in [0.4, 0.5) is 5.69 Å². The normalized spacial score (nSPS) is 10.6. The monoisotopic (exact) mass is 362 g/mol. The lowest BCUT2D eigenvalue weighted by Crippen LogP contribution is -2.02. The van der Waals surface area contributed by atoms with E-state index in [1.54, 1.807) is 0 Å². The number of nitrogens with zero attached hydrogens (tertiary/aromatic N) is 2. The van der Waals surface area contributed by atoms with Crippen molar-refractivity contribution < 1.29 is 0 Å². The highest BCUT2D eigenvalue weighted by molar-refractivity contribution is 9.10. The predicted octanol–water partition coefficient (Wildman–Crippen LogP) is 4.50. The van der Waals surface area contributed by atoms with Crippen molar-refractivity contribution in [1.82, 2.24) is 15.4 Å². The molecule has 0 fully saturated rings. The molecule has 0 radical (unpaired) electrons. The predicted molar refractivity (Wildman–Crippen MR) is 88.3 cm³/mol. The van der Waals surface area contributed by atoms with Gasteiger partial charge in [0.1, 0.15) is 11.4 Å². The molecule has 0 saturated heterocycles. The van der Waals surface area contributed by atoms with Gasteiger partial charge in [0, 0.05) is 20.7 Å². The van der Waals surface area contributed by atoms with Crippen molar-refractivity contribution in [3.8, 4) is 11.3 Å². The van der Waals surface area contributed by atoms with Crippen molar-refractivity contribution in [2.75, 3.05) is 5.32 Å². The Hall–Kier alpha value is -1.85. The van der Waals surface area contributed by atoms with Crippen LogP contribution in [-0.2, 0) is 6.54 Å². The number of hydrogen-bond donors (Lipinski definition) is 2. The topological polar surface area (TPSA) is 53.6 Å². The molecule has 0 atom stereocenters. The molecule has 0 unspecified atom stereocenters. The Kier molecular flexibility index (Phi) is 4.22. The van der Waals surface area contributed by atoms with Crippen LogP contribution in [0, 0.1) is 0 Å². The molecule has 3 aromatic rings. The van der Waals surface area contributed by atoms with Gasteiger partial charge in [0.05, 0.1) is 6.54 Å². The number of aromatic amines is 1. The summed E-state index contributed by atoms with van der Waals surface area (Å²) < 4.78 is 0.916. The van der Waals surface area contributed by atoms with Crippen LogP contribution in [0.2, 0.25) is 5.02 Å². The van der Waals surface area contributed by atoms with Gasteiger partial charge in [-0.3, -0.25) is 0 Å². The second-order valence-corrected chi connectivity index (χ2v) is 5.75. The van der Waals surface area contributed by atoms with Gasteiger partial charge in [-0.2, -0.15) is 15.4 Å². The van der Waals surface area contributed by atoms with E-state index in [1.165, 1.54) is 0 Å². The summed E-state index contributed by atoms with van der Waals surface area (Å²) in [4.78, 5) is 0. The Morgan fingerprint density at radius 2 is 1.90 bits per heavy atom. The van der Waals surface area contributed by atoms with Crippen molar-refractivity contribution in [2.45, 2.75) is 6.54 Å². The third kappa shape index (κ3) is 3.25. The first-order chi connectivity index (χ1) is 10.2. The summed E-state index contributed by atoms with van der Waals surface area (Å²) in [5.41, 5.74) is 3.72. The average molecular weight is 364 g/mol. The van der Waals surface area contributed by atoms with Gasteiger partial charge in [-0.15, -0.1) is 0 Å². The van der Waals surface area contributed by atoms with Crippen LogP contribution in [-0.4, -0.2) is 15.4 Å². The largest absolute Gasteiger partial charge is 0.378 e. The summed E-state index contributed by atoms with van der Waals surface area (Å²) in [6.07, 6.45) is 0. The molecule has 0 aliphatic rings. The van der Waals surface area contributed by atoms with Crippen LogP contribution >= 0.6 is 27.5 Å². The minimum atomic E-state index is 0.570. The van der Waals surface area contributed by atoms with Crippen molar-refractivity contribution in [3.05, 3.63) is 63.7 Å². The van der Waals surface area contributed by atoms with E-state index < -0.39 is 0 Å². The van der Waals surface area contributed by atoms with Crippen LogP contribution in [0.25, 0.3) is 11.3 Å². The fourth-order valence-electron chi connectivity index (χ4n) is 2.02. The second kappa shape index (κ2) is 6.28. The van der Waals surface area contributed by atoms with E-state index in [4.69, 9.17) is 11.6 Å². The Labute approximate surface area is 135 Å². The molecule has 2 N–H and O–H groups in total. The van der Waals surface area contributed by atoms with Crippen LogP contribution in [0.5, 0.6) is 0 Å². The minimum absolute atomic E-state index is 0.570. The molecule has 0 aliphatic heterocycles. The highest BCUT2D eigenvalue weighted by Gasteiger charge is 2.10. The summed E-state index contributed by atoms with van der Waals surface area (Å²) in [5, 5.41) is 15.1. The van der Waals surface area contributed by atoms with Gasteiger partial charge in [-0.05, 0) is 34.1 Å². The summed E-state index contributed by atoms with van der Waals surface area (Å²) >= 11 is 9.42. The van der Waals surface area contributed by atoms with E-state index in [0.717, 1.165) is 27.1 Å². The Morgan fingerprint density at radius 1 is 1.10 bits per heavy atom. The molecule has 0 aliphatic carbocycles.